The third-order valence-electron chi connectivity index (χ3n) is 1.72. The first-order valence-corrected chi connectivity index (χ1v) is 4.07. The molecule has 0 aliphatic heterocycles. The van der Waals surface area contributed by atoms with Crippen LogP contribution in [0.3, 0.4) is 0 Å². The van der Waals surface area contributed by atoms with Gasteiger partial charge in [-0.3, -0.25) is 0 Å². The Balaban J connectivity index is 3.02. The van der Waals surface area contributed by atoms with Gasteiger partial charge in [-0.1, -0.05) is 6.07 Å². The molecule has 0 aromatic heterocycles. The Labute approximate surface area is 87.9 Å². The van der Waals surface area contributed by atoms with Crippen molar-refractivity contribution >= 4 is 5.97 Å². The van der Waals surface area contributed by atoms with Crippen molar-refractivity contribution in [2.75, 3.05) is 0 Å². The summed E-state index contributed by atoms with van der Waals surface area (Å²) in [5.41, 5.74) is -0.246. The number of hydrogen-bond donors (Lipinski definition) is 2. The van der Waals surface area contributed by atoms with Crippen LogP contribution in [-0.2, 0) is 4.79 Å². The molecule has 88 valence electrons. The SMILES string of the molecule is O=C(O)C(O)c1ccc(F)c(OC(F)F)c1. The summed E-state index contributed by atoms with van der Waals surface area (Å²) in [7, 11) is 0. The monoisotopic (exact) mass is 236 g/mol. The number of aliphatic hydroxyl groups is 1. The van der Waals surface area contributed by atoms with Gasteiger partial charge in [0.25, 0.3) is 0 Å². The quantitative estimate of drug-likeness (QED) is 0.832. The van der Waals surface area contributed by atoms with Crippen molar-refractivity contribution in [1.82, 2.24) is 0 Å². The van der Waals surface area contributed by atoms with Crippen LogP contribution >= 0.6 is 0 Å². The highest BCUT2D eigenvalue weighted by atomic mass is 19.3. The van der Waals surface area contributed by atoms with E-state index in [4.69, 9.17) is 10.2 Å². The largest absolute Gasteiger partial charge is 0.479 e. The zero-order chi connectivity index (χ0) is 12.3. The third kappa shape index (κ3) is 2.86. The van der Waals surface area contributed by atoms with Crippen molar-refractivity contribution in [3.05, 3.63) is 29.6 Å². The fraction of sp³-hybridized carbons (Fsp3) is 0.222. The van der Waals surface area contributed by atoms with Gasteiger partial charge in [0.1, 0.15) is 0 Å². The van der Waals surface area contributed by atoms with Gasteiger partial charge in [-0.25, -0.2) is 9.18 Å². The molecule has 2 N–H and O–H groups in total. The molecule has 0 bridgehead atoms. The number of carboxylic acids is 1. The molecule has 0 heterocycles. The Bertz CT molecular complexity index is 394. The van der Waals surface area contributed by atoms with E-state index in [2.05, 4.69) is 4.74 Å². The van der Waals surface area contributed by atoms with E-state index in [1.54, 1.807) is 0 Å². The van der Waals surface area contributed by atoms with Crippen molar-refractivity contribution < 1.29 is 32.9 Å². The summed E-state index contributed by atoms with van der Waals surface area (Å²) in [4.78, 5) is 10.4. The lowest BCUT2D eigenvalue weighted by atomic mass is 10.1. The summed E-state index contributed by atoms with van der Waals surface area (Å²) in [6.45, 7) is -3.23. The van der Waals surface area contributed by atoms with Gasteiger partial charge < -0.3 is 14.9 Å². The molecule has 1 unspecified atom stereocenters. The molecule has 0 spiro atoms. The lowest BCUT2D eigenvalue weighted by Gasteiger charge is -2.09. The Morgan fingerprint density at radius 1 is 1.38 bits per heavy atom. The first kappa shape index (κ1) is 12.3. The van der Waals surface area contributed by atoms with Crippen LogP contribution in [0.2, 0.25) is 0 Å². The molecule has 0 aliphatic carbocycles. The minimum atomic E-state index is -3.23. The predicted molar refractivity (Wildman–Crippen MR) is 45.6 cm³/mol. The summed E-state index contributed by atoms with van der Waals surface area (Å²) in [5, 5.41) is 17.5. The van der Waals surface area contributed by atoms with E-state index in [0.717, 1.165) is 12.1 Å². The van der Waals surface area contributed by atoms with E-state index < -0.39 is 30.3 Å². The third-order valence-corrected chi connectivity index (χ3v) is 1.72. The number of halogens is 3. The fourth-order valence-corrected chi connectivity index (χ4v) is 1.02. The van der Waals surface area contributed by atoms with Crippen LogP contribution in [0.5, 0.6) is 5.75 Å². The molecule has 4 nitrogen and oxygen atoms in total. The molecule has 1 aromatic carbocycles. The van der Waals surface area contributed by atoms with Crippen molar-refractivity contribution in [2.24, 2.45) is 0 Å². The van der Waals surface area contributed by atoms with E-state index in [-0.39, 0.29) is 5.56 Å². The molecule has 16 heavy (non-hydrogen) atoms. The van der Waals surface area contributed by atoms with Gasteiger partial charge in [-0.05, 0) is 17.7 Å². The molecule has 0 aliphatic rings. The second kappa shape index (κ2) is 4.84. The maximum absolute atomic E-state index is 12.9. The Morgan fingerprint density at radius 3 is 2.50 bits per heavy atom. The van der Waals surface area contributed by atoms with Gasteiger partial charge in [-0.15, -0.1) is 0 Å². The maximum atomic E-state index is 12.9. The van der Waals surface area contributed by atoms with Gasteiger partial charge in [0.2, 0.25) is 0 Å². The number of rotatable bonds is 4. The standard InChI is InChI=1S/C9H7F3O4/c10-5-2-1-4(7(13)8(14)15)3-6(5)16-9(11)12/h1-3,7,9,13H,(H,14,15). The van der Waals surface area contributed by atoms with Crippen LogP contribution in [0.4, 0.5) is 13.2 Å². The molecular weight excluding hydrogens is 229 g/mol. The molecule has 0 saturated heterocycles. The number of aliphatic hydroxyl groups excluding tert-OH is 1. The number of benzene rings is 1. The molecule has 1 aromatic rings. The van der Waals surface area contributed by atoms with Crippen molar-refractivity contribution in [3.63, 3.8) is 0 Å². The van der Waals surface area contributed by atoms with E-state index in [9.17, 15) is 18.0 Å². The summed E-state index contributed by atoms with van der Waals surface area (Å²) in [5.74, 6) is -3.45. The lowest BCUT2D eigenvalue weighted by molar-refractivity contribution is -0.146. The summed E-state index contributed by atoms with van der Waals surface area (Å²) in [6.07, 6.45) is -1.92. The molecule has 0 radical (unpaired) electrons. The van der Waals surface area contributed by atoms with Crippen molar-refractivity contribution in [3.8, 4) is 5.75 Å². The van der Waals surface area contributed by atoms with Gasteiger partial charge in [-0.2, -0.15) is 8.78 Å². The molecule has 1 atom stereocenters. The Hall–Kier alpha value is -1.76. The van der Waals surface area contributed by atoms with Crippen LogP contribution in [0.1, 0.15) is 11.7 Å². The number of ether oxygens (including phenoxy) is 1. The second-order valence-corrected chi connectivity index (χ2v) is 2.81. The lowest BCUT2D eigenvalue weighted by Crippen LogP contribution is -2.11. The predicted octanol–water partition coefficient (Wildman–Crippen LogP) is 1.55. The topological polar surface area (TPSA) is 66.8 Å². The molecule has 7 heteroatoms. The first-order valence-electron chi connectivity index (χ1n) is 4.07. The molecule has 0 saturated carbocycles. The van der Waals surface area contributed by atoms with Gasteiger partial charge in [0, 0.05) is 0 Å². The number of alkyl halides is 2. The Morgan fingerprint density at radius 2 is 2.00 bits per heavy atom. The number of carboxylic acid groups (broad SMARTS) is 1. The van der Waals surface area contributed by atoms with E-state index >= 15 is 0 Å². The van der Waals surface area contributed by atoms with Crippen LogP contribution < -0.4 is 4.74 Å². The van der Waals surface area contributed by atoms with Crippen LogP contribution in [0, 0.1) is 5.82 Å². The maximum Gasteiger partial charge on any atom is 0.387 e. The molecule has 0 amide bonds. The van der Waals surface area contributed by atoms with E-state index in [1.807, 2.05) is 0 Å². The van der Waals surface area contributed by atoms with E-state index in [1.165, 1.54) is 0 Å². The average molecular weight is 236 g/mol. The molecule has 1 rings (SSSR count). The molecular formula is C9H7F3O4. The highest BCUT2D eigenvalue weighted by Crippen LogP contribution is 2.24. The second-order valence-electron chi connectivity index (χ2n) is 2.81. The van der Waals surface area contributed by atoms with Crippen molar-refractivity contribution in [2.45, 2.75) is 12.7 Å². The van der Waals surface area contributed by atoms with Gasteiger partial charge >= 0.3 is 12.6 Å². The average Bonchev–Trinajstić information content (AvgIpc) is 2.19. The minimum Gasteiger partial charge on any atom is -0.479 e. The van der Waals surface area contributed by atoms with Crippen LogP contribution in [0.25, 0.3) is 0 Å². The first-order chi connectivity index (χ1) is 7.41. The minimum absolute atomic E-state index is 0.246. The smallest absolute Gasteiger partial charge is 0.387 e. The Kier molecular flexibility index (Phi) is 3.73. The van der Waals surface area contributed by atoms with Crippen LogP contribution in [0.15, 0.2) is 18.2 Å². The number of hydrogen-bond acceptors (Lipinski definition) is 3. The zero-order valence-electron chi connectivity index (χ0n) is 7.73. The van der Waals surface area contributed by atoms with Crippen LogP contribution in [-0.4, -0.2) is 22.8 Å². The summed E-state index contributed by atoms with van der Waals surface area (Å²) in [6, 6.07) is 2.41. The van der Waals surface area contributed by atoms with E-state index in [0.29, 0.717) is 6.07 Å². The normalized spacial score (nSPS) is 12.6. The molecule has 0 fully saturated rings. The summed E-state index contributed by atoms with van der Waals surface area (Å²) < 4.78 is 40.4. The number of aliphatic carboxylic acids is 1. The van der Waals surface area contributed by atoms with Gasteiger partial charge in [0.15, 0.2) is 17.7 Å². The highest BCUT2D eigenvalue weighted by molar-refractivity contribution is 5.74. The number of carbonyl (C=O) groups is 1. The fourth-order valence-electron chi connectivity index (χ4n) is 1.02. The zero-order valence-corrected chi connectivity index (χ0v) is 7.73. The van der Waals surface area contributed by atoms with Crippen molar-refractivity contribution in [1.29, 1.82) is 0 Å². The summed E-state index contributed by atoms with van der Waals surface area (Å²) >= 11 is 0. The highest BCUT2D eigenvalue weighted by Gasteiger charge is 2.19. The van der Waals surface area contributed by atoms with Gasteiger partial charge in [0.05, 0.1) is 0 Å².